The first-order valence-corrected chi connectivity index (χ1v) is 11.1. The van der Waals surface area contributed by atoms with Gasteiger partial charge in [0.05, 0.1) is 10.6 Å². The number of anilines is 1. The van der Waals surface area contributed by atoms with Crippen LogP contribution in [0.2, 0.25) is 5.02 Å². The first-order valence-electron chi connectivity index (χ1n) is 8.41. The van der Waals surface area contributed by atoms with E-state index in [0.29, 0.717) is 10.7 Å². The molecule has 4 rings (SSSR count). The summed E-state index contributed by atoms with van der Waals surface area (Å²) in [5, 5.41) is 1.22. The molecule has 0 unspecified atom stereocenters. The van der Waals surface area contributed by atoms with Crippen LogP contribution < -0.4 is 4.72 Å². The first-order chi connectivity index (χ1) is 12.8. The summed E-state index contributed by atoms with van der Waals surface area (Å²) in [5.74, 6) is 0. The summed E-state index contributed by atoms with van der Waals surface area (Å²) >= 11 is 7.55. The van der Waals surface area contributed by atoms with Crippen LogP contribution in [0.1, 0.15) is 22.6 Å². The zero-order valence-electron chi connectivity index (χ0n) is 14.8. The highest BCUT2D eigenvalue weighted by molar-refractivity contribution is 7.92. The summed E-state index contributed by atoms with van der Waals surface area (Å²) in [6.07, 6.45) is 7.19. The topological polar surface area (TPSA) is 59.1 Å². The molecule has 0 amide bonds. The third kappa shape index (κ3) is 3.40. The number of benzene rings is 1. The summed E-state index contributed by atoms with van der Waals surface area (Å²) < 4.78 is 28.6. The van der Waals surface area contributed by atoms with Gasteiger partial charge >= 0.3 is 0 Å². The average Bonchev–Trinajstić information content (AvgIpc) is 3.21. The van der Waals surface area contributed by atoms with E-state index in [1.807, 2.05) is 13.8 Å². The van der Waals surface area contributed by atoms with Gasteiger partial charge in [0.1, 0.15) is 4.83 Å². The zero-order valence-corrected chi connectivity index (χ0v) is 17.2. The minimum Gasteiger partial charge on any atom is -0.279 e. The molecule has 4 nitrogen and oxygen atoms in total. The molecular weight excluding hydrogens is 400 g/mol. The highest BCUT2D eigenvalue weighted by atomic mass is 35.5. The highest BCUT2D eigenvalue weighted by Gasteiger charge is 2.22. The van der Waals surface area contributed by atoms with Crippen LogP contribution in [0.25, 0.3) is 15.8 Å². The van der Waals surface area contributed by atoms with E-state index in [1.165, 1.54) is 12.1 Å². The van der Waals surface area contributed by atoms with Gasteiger partial charge in [-0.2, -0.15) is 0 Å². The van der Waals surface area contributed by atoms with Crippen LogP contribution in [0.4, 0.5) is 5.69 Å². The minimum absolute atomic E-state index is 0.131. The number of thiophene rings is 1. The van der Waals surface area contributed by atoms with Crippen LogP contribution in [0.5, 0.6) is 0 Å². The second-order valence-electron chi connectivity index (χ2n) is 6.39. The van der Waals surface area contributed by atoms with E-state index in [4.69, 9.17) is 11.6 Å². The van der Waals surface area contributed by atoms with Crippen molar-refractivity contribution >= 4 is 54.4 Å². The number of sulfonamides is 1. The van der Waals surface area contributed by atoms with Crippen LogP contribution in [0, 0.1) is 13.8 Å². The van der Waals surface area contributed by atoms with Crippen molar-refractivity contribution in [3.05, 3.63) is 69.7 Å². The van der Waals surface area contributed by atoms with E-state index in [-0.39, 0.29) is 4.90 Å². The molecule has 1 aromatic carbocycles. The van der Waals surface area contributed by atoms with E-state index in [0.717, 1.165) is 38.3 Å². The normalized spacial score (nSPS) is 14.0. The summed E-state index contributed by atoms with van der Waals surface area (Å²) in [4.78, 5) is 6.69. The van der Waals surface area contributed by atoms with E-state index in [2.05, 4.69) is 27.9 Å². The molecule has 0 spiro atoms. The number of rotatable bonds is 4. The molecule has 0 saturated carbocycles. The first kappa shape index (κ1) is 18.2. The molecular formula is C20H17ClN2O2S2. The van der Waals surface area contributed by atoms with Crippen molar-refractivity contribution in [2.75, 3.05) is 4.72 Å². The van der Waals surface area contributed by atoms with Crippen LogP contribution in [-0.4, -0.2) is 13.4 Å². The third-order valence-electron chi connectivity index (χ3n) is 4.38. The molecule has 1 aliphatic carbocycles. The predicted octanol–water partition coefficient (Wildman–Crippen LogP) is 5.71. The van der Waals surface area contributed by atoms with Gasteiger partial charge in [0.2, 0.25) is 0 Å². The highest BCUT2D eigenvalue weighted by Crippen LogP contribution is 2.41. The van der Waals surface area contributed by atoms with Gasteiger partial charge < -0.3 is 0 Å². The Labute approximate surface area is 167 Å². The largest absolute Gasteiger partial charge is 0.279 e. The van der Waals surface area contributed by atoms with Crippen LogP contribution in [0.3, 0.4) is 0 Å². The number of allylic oxidation sites excluding steroid dienone is 4. The molecule has 1 aliphatic rings. The van der Waals surface area contributed by atoms with E-state index in [9.17, 15) is 8.42 Å². The molecule has 0 atom stereocenters. The molecule has 0 bridgehead atoms. The maximum Gasteiger partial charge on any atom is 0.261 e. The van der Waals surface area contributed by atoms with Crippen molar-refractivity contribution in [2.24, 2.45) is 0 Å². The molecule has 3 aromatic rings. The second kappa shape index (κ2) is 6.78. The second-order valence-corrected chi connectivity index (χ2v) is 9.71. The molecule has 0 saturated heterocycles. The lowest BCUT2D eigenvalue weighted by molar-refractivity contribution is 0.601. The maximum atomic E-state index is 12.9. The van der Waals surface area contributed by atoms with Crippen molar-refractivity contribution in [3.8, 4) is 0 Å². The average molecular weight is 417 g/mol. The Morgan fingerprint density at radius 1 is 1.22 bits per heavy atom. The summed E-state index contributed by atoms with van der Waals surface area (Å²) in [6, 6.07) is 8.02. The molecule has 0 fully saturated rings. The van der Waals surface area contributed by atoms with Crippen molar-refractivity contribution in [1.29, 1.82) is 0 Å². The number of aryl methyl sites for hydroxylation is 2. The standard InChI is InChI=1S/C20H17ClN2O2S2/c1-12-10-17(23-27(24,25)16-9-5-8-15(21)11-16)19-18(14-6-3-4-7-14)13(2)26-20(19)22-12/h3,5-11H,4H2,1-2H3,(H,22,23). The number of pyridine rings is 1. The Morgan fingerprint density at radius 2 is 2.04 bits per heavy atom. The Bertz CT molecular complexity index is 1220. The van der Waals surface area contributed by atoms with Gasteiger partial charge in [-0.05, 0) is 50.1 Å². The lowest BCUT2D eigenvalue weighted by atomic mass is 10.0. The molecule has 138 valence electrons. The number of nitrogens with zero attached hydrogens (tertiary/aromatic N) is 1. The zero-order chi connectivity index (χ0) is 19.2. The number of fused-ring (bicyclic) bond motifs is 1. The van der Waals surface area contributed by atoms with Crippen molar-refractivity contribution in [3.63, 3.8) is 0 Å². The SMILES string of the molecule is Cc1cc(NS(=O)(=O)c2cccc(Cl)c2)c2c(C3=CCC=C3)c(C)sc2n1. The Kier molecular flexibility index (Phi) is 4.58. The van der Waals surface area contributed by atoms with Crippen LogP contribution in [0.15, 0.2) is 53.5 Å². The van der Waals surface area contributed by atoms with Gasteiger partial charge in [-0.25, -0.2) is 13.4 Å². The van der Waals surface area contributed by atoms with Gasteiger partial charge in [0.25, 0.3) is 10.0 Å². The molecule has 1 N–H and O–H groups in total. The summed E-state index contributed by atoms with van der Waals surface area (Å²) in [6.45, 7) is 3.90. The van der Waals surface area contributed by atoms with E-state index in [1.54, 1.807) is 29.5 Å². The Balaban J connectivity index is 1.90. The van der Waals surface area contributed by atoms with Gasteiger partial charge in [0.15, 0.2) is 0 Å². The lowest BCUT2D eigenvalue weighted by Crippen LogP contribution is -2.13. The predicted molar refractivity (Wildman–Crippen MR) is 113 cm³/mol. The van der Waals surface area contributed by atoms with E-state index >= 15 is 0 Å². The fourth-order valence-corrected chi connectivity index (χ4v) is 5.72. The van der Waals surface area contributed by atoms with Gasteiger partial charge in [-0.1, -0.05) is 35.9 Å². The fourth-order valence-electron chi connectivity index (χ4n) is 3.24. The van der Waals surface area contributed by atoms with Crippen molar-refractivity contribution in [2.45, 2.75) is 25.2 Å². The summed E-state index contributed by atoms with van der Waals surface area (Å²) in [7, 11) is -3.77. The number of halogens is 1. The quantitative estimate of drug-likeness (QED) is 0.592. The van der Waals surface area contributed by atoms with Crippen LogP contribution in [-0.2, 0) is 10.0 Å². The van der Waals surface area contributed by atoms with Crippen LogP contribution >= 0.6 is 22.9 Å². The van der Waals surface area contributed by atoms with Gasteiger partial charge in [-0.3, -0.25) is 4.72 Å². The smallest absolute Gasteiger partial charge is 0.261 e. The number of hydrogen-bond acceptors (Lipinski definition) is 4. The maximum absolute atomic E-state index is 12.9. The number of hydrogen-bond donors (Lipinski definition) is 1. The van der Waals surface area contributed by atoms with Crippen molar-refractivity contribution in [1.82, 2.24) is 4.98 Å². The molecule has 0 aliphatic heterocycles. The summed E-state index contributed by atoms with van der Waals surface area (Å²) in [5.41, 5.74) is 3.45. The monoisotopic (exact) mass is 416 g/mol. The molecule has 2 heterocycles. The Hall–Kier alpha value is -2.15. The molecule has 27 heavy (non-hydrogen) atoms. The lowest BCUT2D eigenvalue weighted by Gasteiger charge is -2.12. The number of aromatic nitrogens is 1. The minimum atomic E-state index is -3.77. The van der Waals surface area contributed by atoms with Gasteiger partial charge in [-0.15, -0.1) is 11.3 Å². The molecule has 7 heteroatoms. The Morgan fingerprint density at radius 3 is 2.74 bits per heavy atom. The van der Waals surface area contributed by atoms with E-state index < -0.39 is 10.0 Å². The molecule has 2 aromatic heterocycles. The van der Waals surface area contributed by atoms with Gasteiger partial charge in [0, 0.05) is 26.5 Å². The van der Waals surface area contributed by atoms with Crippen molar-refractivity contribution < 1.29 is 8.42 Å². The third-order valence-corrected chi connectivity index (χ3v) is 6.97. The fraction of sp³-hybridized carbons (Fsp3) is 0.150. The number of nitrogens with one attached hydrogen (secondary N) is 1. The molecule has 0 radical (unpaired) electrons.